The number of aliphatic carboxylic acids is 1. The molecule has 0 aliphatic carbocycles. The molecule has 1 N–H and O–H groups in total. The number of hydrogen-bond donors (Lipinski definition) is 1. The van der Waals surface area contributed by atoms with Gasteiger partial charge in [0.1, 0.15) is 6.04 Å². The number of amides is 1. The lowest BCUT2D eigenvalue weighted by Crippen LogP contribution is -2.49. The van der Waals surface area contributed by atoms with E-state index in [2.05, 4.69) is 0 Å². The summed E-state index contributed by atoms with van der Waals surface area (Å²) < 4.78 is 11.0. The van der Waals surface area contributed by atoms with Crippen LogP contribution in [0.3, 0.4) is 0 Å². The van der Waals surface area contributed by atoms with Gasteiger partial charge in [0.05, 0.1) is 6.61 Å². The van der Waals surface area contributed by atoms with Gasteiger partial charge in [0.25, 0.3) is 5.91 Å². The fraction of sp³-hybridized carbons (Fsp3) is 0.500. The Kier molecular flexibility index (Phi) is 5.63. The first kappa shape index (κ1) is 16.1. The van der Waals surface area contributed by atoms with Crippen LogP contribution in [-0.4, -0.2) is 47.7 Å². The van der Waals surface area contributed by atoms with E-state index in [0.717, 1.165) is 12.8 Å². The molecule has 6 heteroatoms. The maximum absolute atomic E-state index is 12.3. The average Bonchev–Trinajstić information content (AvgIpc) is 2.54. The standard InChI is InChI=1S/C16H21NO5/c1-2-21-13-8-3-4-9-14(13)22-11-15(18)17-10-6-5-7-12(17)16(19)20/h3-4,8-9,12H,2,5-7,10-11H2,1H3,(H,19,20). The SMILES string of the molecule is CCOc1ccccc1OCC(=O)N1CCCCC1C(=O)O. The Morgan fingerprint density at radius 1 is 1.23 bits per heavy atom. The quantitative estimate of drug-likeness (QED) is 0.869. The molecule has 1 aliphatic rings. The van der Waals surface area contributed by atoms with E-state index in [1.54, 1.807) is 18.2 Å². The second kappa shape index (κ2) is 7.68. The Morgan fingerprint density at radius 2 is 1.91 bits per heavy atom. The van der Waals surface area contributed by atoms with Gasteiger partial charge in [0.2, 0.25) is 0 Å². The van der Waals surface area contributed by atoms with Crippen LogP contribution in [0, 0.1) is 0 Å². The van der Waals surface area contributed by atoms with Gasteiger partial charge in [0, 0.05) is 6.54 Å². The van der Waals surface area contributed by atoms with Crippen LogP contribution in [0.1, 0.15) is 26.2 Å². The maximum Gasteiger partial charge on any atom is 0.326 e. The van der Waals surface area contributed by atoms with E-state index < -0.39 is 12.0 Å². The summed E-state index contributed by atoms with van der Waals surface area (Å²) in [5, 5.41) is 9.20. The topological polar surface area (TPSA) is 76.1 Å². The molecule has 0 saturated carbocycles. The van der Waals surface area contributed by atoms with Gasteiger partial charge in [-0.1, -0.05) is 12.1 Å². The third kappa shape index (κ3) is 3.90. The summed E-state index contributed by atoms with van der Waals surface area (Å²) in [4.78, 5) is 24.9. The van der Waals surface area contributed by atoms with Gasteiger partial charge < -0.3 is 19.5 Å². The minimum atomic E-state index is -0.956. The number of ether oxygens (including phenoxy) is 2. The maximum atomic E-state index is 12.3. The van der Waals surface area contributed by atoms with Gasteiger partial charge in [-0.15, -0.1) is 0 Å². The van der Waals surface area contributed by atoms with Crippen LogP contribution < -0.4 is 9.47 Å². The number of carboxylic acid groups (broad SMARTS) is 1. The number of carbonyl (C=O) groups excluding carboxylic acids is 1. The highest BCUT2D eigenvalue weighted by Crippen LogP contribution is 2.26. The first-order chi connectivity index (χ1) is 10.6. The Morgan fingerprint density at radius 3 is 2.55 bits per heavy atom. The van der Waals surface area contributed by atoms with Gasteiger partial charge in [0.15, 0.2) is 18.1 Å². The second-order valence-electron chi connectivity index (χ2n) is 5.11. The molecular formula is C16H21NO5. The normalized spacial score (nSPS) is 17.9. The molecule has 0 aromatic heterocycles. The van der Waals surface area contributed by atoms with E-state index in [0.29, 0.717) is 31.1 Å². The highest BCUT2D eigenvalue weighted by atomic mass is 16.5. The van der Waals surface area contributed by atoms with Crippen LogP contribution in [0.4, 0.5) is 0 Å². The number of carbonyl (C=O) groups is 2. The number of nitrogens with zero attached hydrogens (tertiary/aromatic N) is 1. The second-order valence-corrected chi connectivity index (χ2v) is 5.11. The monoisotopic (exact) mass is 307 g/mol. The largest absolute Gasteiger partial charge is 0.490 e. The molecule has 0 radical (unpaired) electrons. The van der Waals surface area contributed by atoms with Crippen LogP contribution in [0.5, 0.6) is 11.5 Å². The number of piperidine rings is 1. The van der Waals surface area contributed by atoms with E-state index in [1.807, 2.05) is 13.0 Å². The van der Waals surface area contributed by atoms with Crippen molar-refractivity contribution in [2.24, 2.45) is 0 Å². The van der Waals surface area contributed by atoms with Crippen LogP contribution >= 0.6 is 0 Å². The van der Waals surface area contributed by atoms with Gasteiger partial charge in [-0.3, -0.25) is 4.79 Å². The number of rotatable bonds is 6. The van der Waals surface area contributed by atoms with Gasteiger partial charge in [-0.25, -0.2) is 4.79 Å². The van der Waals surface area contributed by atoms with E-state index in [9.17, 15) is 14.7 Å². The minimum absolute atomic E-state index is 0.187. The van der Waals surface area contributed by atoms with Gasteiger partial charge in [-0.05, 0) is 38.3 Å². The highest BCUT2D eigenvalue weighted by molar-refractivity contribution is 5.84. The van der Waals surface area contributed by atoms with Crippen molar-refractivity contribution in [3.63, 3.8) is 0 Å². The molecule has 1 unspecified atom stereocenters. The molecule has 1 saturated heterocycles. The Bertz CT molecular complexity index is 531. The van der Waals surface area contributed by atoms with Crippen LogP contribution in [0.2, 0.25) is 0 Å². The molecule has 6 nitrogen and oxygen atoms in total. The van der Waals surface area contributed by atoms with E-state index in [4.69, 9.17) is 9.47 Å². The lowest BCUT2D eigenvalue weighted by Gasteiger charge is -2.32. The molecule has 0 bridgehead atoms. The molecule has 1 amide bonds. The zero-order valence-electron chi connectivity index (χ0n) is 12.7. The molecular weight excluding hydrogens is 286 g/mol. The zero-order valence-corrected chi connectivity index (χ0v) is 12.7. The summed E-state index contributed by atoms with van der Waals surface area (Å²) >= 11 is 0. The van der Waals surface area contributed by atoms with Crippen molar-refractivity contribution in [2.45, 2.75) is 32.2 Å². The van der Waals surface area contributed by atoms with E-state index in [-0.39, 0.29) is 12.5 Å². The lowest BCUT2D eigenvalue weighted by atomic mass is 10.0. The predicted molar refractivity (Wildman–Crippen MR) is 80.1 cm³/mol. The van der Waals surface area contributed by atoms with Crippen LogP contribution in [-0.2, 0) is 9.59 Å². The summed E-state index contributed by atoms with van der Waals surface area (Å²) in [6.07, 6.45) is 2.15. The Balaban J connectivity index is 1.98. The van der Waals surface area contributed by atoms with Crippen molar-refractivity contribution >= 4 is 11.9 Å². The molecule has 22 heavy (non-hydrogen) atoms. The zero-order chi connectivity index (χ0) is 15.9. The summed E-state index contributed by atoms with van der Waals surface area (Å²) in [7, 11) is 0. The first-order valence-corrected chi connectivity index (χ1v) is 7.50. The average molecular weight is 307 g/mol. The summed E-state index contributed by atoms with van der Waals surface area (Å²) in [5.41, 5.74) is 0. The molecule has 1 aromatic carbocycles. The lowest BCUT2D eigenvalue weighted by molar-refractivity contribution is -0.152. The summed E-state index contributed by atoms with van der Waals surface area (Å²) in [5.74, 6) is -0.200. The van der Waals surface area contributed by atoms with Crippen LogP contribution in [0.25, 0.3) is 0 Å². The van der Waals surface area contributed by atoms with Crippen molar-refractivity contribution in [3.05, 3.63) is 24.3 Å². The first-order valence-electron chi connectivity index (χ1n) is 7.50. The number of likely N-dealkylation sites (tertiary alicyclic amines) is 1. The molecule has 0 spiro atoms. The van der Waals surface area contributed by atoms with E-state index >= 15 is 0 Å². The van der Waals surface area contributed by atoms with Crippen molar-refractivity contribution in [1.82, 2.24) is 4.90 Å². The fourth-order valence-electron chi connectivity index (χ4n) is 2.55. The molecule has 120 valence electrons. The van der Waals surface area contributed by atoms with Crippen molar-refractivity contribution < 1.29 is 24.2 Å². The van der Waals surface area contributed by atoms with Crippen molar-refractivity contribution in [3.8, 4) is 11.5 Å². The minimum Gasteiger partial charge on any atom is -0.490 e. The Hall–Kier alpha value is -2.24. The third-order valence-corrected chi connectivity index (χ3v) is 3.61. The van der Waals surface area contributed by atoms with Crippen molar-refractivity contribution in [1.29, 1.82) is 0 Å². The number of para-hydroxylation sites is 2. The highest BCUT2D eigenvalue weighted by Gasteiger charge is 2.32. The smallest absolute Gasteiger partial charge is 0.326 e. The molecule has 2 rings (SSSR count). The van der Waals surface area contributed by atoms with E-state index in [1.165, 1.54) is 4.90 Å². The van der Waals surface area contributed by atoms with Crippen LogP contribution in [0.15, 0.2) is 24.3 Å². The van der Waals surface area contributed by atoms with Gasteiger partial charge >= 0.3 is 5.97 Å². The molecule has 1 atom stereocenters. The third-order valence-electron chi connectivity index (χ3n) is 3.61. The molecule has 1 fully saturated rings. The molecule has 1 aliphatic heterocycles. The molecule has 1 aromatic rings. The van der Waals surface area contributed by atoms with Crippen molar-refractivity contribution in [2.75, 3.05) is 19.8 Å². The number of benzene rings is 1. The molecule has 1 heterocycles. The Labute approximate surface area is 129 Å². The predicted octanol–water partition coefficient (Wildman–Crippen LogP) is 1.93. The number of hydrogen-bond acceptors (Lipinski definition) is 4. The summed E-state index contributed by atoms with van der Waals surface area (Å²) in [6.45, 7) is 2.65. The van der Waals surface area contributed by atoms with Gasteiger partial charge in [-0.2, -0.15) is 0 Å². The summed E-state index contributed by atoms with van der Waals surface area (Å²) in [6, 6.07) is 6.37. The number of carboxylic acids is 1. The fourth-order valence-corrected chi connectivity index (χ4v) is 2.55.